The first kappa shape index (κ1) is 18.2. The van der Waals surface area contributed by atoms with E-state index in [1.54, 1.807) is 24.1 Å². The molecule has 0 aliphatic rings. The van der Waals surface area contributed by atoms with Crippen molar-refractivity contribution in [2.45, 2.75) is 33.2 Å². The van der Waals surface area contributed by atoms with E-state index in [1.807, 2.05) is 11.9 Å². The second kappa shape index (κ2) is 8.54. The number of alkyl halides is 1. The molecule has 0 bridgehead atoms. The molecule has 0 atom stereocenters. The first-order valence-corrected chi connectivity index (χ1v) is 8.47. The van der Waals surface area contributed by atoms with E-state index in [2.05, 4.69) is 34.9 Å². The van der Waals surface area contributed by atoms with Crippen LogP contribution in [0, 0.1) is 5.41 Å². The lowest BCUT2D eigenvalue weighted by Gasteiger charge is -2.29. The van der Waals surface area contributed by atoms with Crippen molar-refractivity contribution in [1.82, 2.24) is 9.78 Å². The van der Waals surface area contributed by atoms with E-state index >= 15 is 0 Å². The van der Waals surface area contributed by atoms with Crippen LogP contribution in [0.4, 0.5) is 5.69 Å². The molecule has 1 rings (SSSR count). The molecule has 0 saturated heterocycles. The highest BCUT2D eigenvalue weighted by atomic mass is 79.9. The van der Waals surface area contributed by atoms with Crippen molar-refractivity contribution >= 4 is 21.6 Å². The predicted octanol–water partition coefficient (Wildman–Crippen LogP) is 2.53. The molecule has 0 aliphatic carbocycles. The number of hydrogen-bond acceptors (Lipinski definition) is 4. The van der Waals surface area contributed by atoms with Crippen LogP contribution in [0.25, 0.3) is 0 Å². The predicted molar refractivity (Wildman–Crippen MR) is 90.5 cm³/mol. The highest BCUT2D eigenvalue weighted by Gasteiger charge is 2.26. The fourth-order valence-electron chi connectivity index (χ4n) is 2.13. The van der Waals surface area contributed by atoms with E-state index in [0.717, 1.165) is 30.4 Å². The van der Waals surface area contributed by atoms with Crippen LogP contribution in [0.2, 0.25) is 0 Å². The van der Waals surface area contributed by atoms with Gasteiger partial charge in [-0.15, -0.1) is 0 Å². The molecule has 0 amide bonds. The number of ether oxygens (including phenoxy) is 1. The SMILES string of the molecule is CCC(CC)(CBr)Cn1ncc(N(C)CCOC)cc1=O. The number of rotatable bonds is 9. The molecule has 0 spiro atoms. The Labute approximate surface area is 135 Å². The standard InChI is InChI=1S/C15H26BrN3O2/c1-5-15(6-2,11-16)12-19-14(20)9-13(10-17-19)18(3)7-8-21-4/h9-10H,5-8,11-12H2,1-4H3. The van der Waals surface area contributed by atoms with Crippen molar-refractivity contribution in [2.24, 2.45) is 5.41 Å². The summed E-state index contributed by atoms with van der Waals surface area (Å²) in [5.74, 6) is 0. The van der Waals surface area contributed by atoms with Crippen molar-refractivity contribution < 1.29 is 4.74 Å². The Morgan fingerprint density at radius 1 is 1.43 bits per heavy atom. The number of nitrogens with zero attached hydrogens (tertiary/aromatic N) is 3. The van der Waals surface area contributed by atoms with E-state index in [-0.39, 0.29) is 11.0 Å². The minimum absolute atomic E-state index is 0.0519. The van der Waals surface area contributed by atoms with Gasteiger partial charge < -0.3 is 9.64 Å². The quantitative estimate of drug-likeness (QED) is 0.635. The maximum Gasteiger partial charge on any atom is 0.268 e. The third-order valence-electron chi connectivity index (χ3n) is 4.20. The molecule has 0 N–H and O–H groups in total. The van der Waals surface area contributed by atoms with Gasteiger partial charge in [0.15, 0.2) is 0 Å². The van der Waals surface area contributed by atoms with E-state index in [0.29, 0.717) is 13.2 Å². The van der Waals surface area contributed by atoms with Crippen LogP contribution in [-0.4, -0.2) is 42.4 Å². The molecule has 0 fully saturated rings. The molecule has 1 aromatic rings. The lowest BCUT2D eigenvalue weighted by atomic mass is 9.85. The van der Waals surface area contributed by atoms with E-state index < -0.39 is 0 Å². The number of anilines is 1. The summed E-state index contributed by atoms with van der Waals surface area (Å²) in [6.45, 7) is 6.31. The second-order valence-electron chi connectivity index (χ2n) is 5.46. The van der Waals surface area contributed by atoms with Crippen LogP contribution in [0.3, 0.4) is 0 Å². The average molecular weight is 360 g/mol. The van der Waals surface area contributed by atoms with Gasteiger partial charge in [0.2, 0.25) is 0 Å². The van der Waals surface area contributed by atoms with Gasteiger partial charge in [-0.05, 0) is 18.3 Å². The van der Waals surface area contributed by atoms with Gasteiger partial charge in [0.25, 0.3) is 5.56 Å². The van der Waals surface area contributed by atoms with Crippen LogP contribution >= 0.6 is 15.9 Å². The Morgan fingerprint density at radius 3 is 2.57 bits per heavy atom. The van der Waals surface area contributed by atoms with Gasteiger partial charge in [-0.3, -0.25) is 4.79 Å². The molecule has 0 aliphatic heterocycles. The highest BCUT2D eigenvalue weighted by molar-refractivity contribution is 9.09. The van der Waals surface area contributed by atoms with Gasteiger partial charge >= 0.3 is 0 Å². The Bertz CT molecular complexity index is 478. The number of aromatic nitrogens is 2. The summed E-state index contributed by atoms with van der Waals surface area (Å²) in [6, 6.07) is 1.65. The maximum absolute atomic E-state index is 12.3. The zero-order chi connectivity index (χ0) is 15.9. The summed E-state index contributed by atoms with van der Waals surface area (Å²) in [7, 11) is 3.60. The van der Waals surface area contributed by atoms with Gasteiger partial charge in [-0.25, -0.2) is 4.68 Å². The number of halogens is 1. The Kier molecular flexibility index (Phi) is 7.39. The smallest absolute Gasteiger partial charge is 0.268 e. The molecular weight excluding hydrogens is 334 g/mol. The van der Waals surface area contributed by atoms with Crippen LogP contribution in [-0.2, 0) is 11.3 Å². The molecule has 0 radical (unpaired) electrons. The molecule has 5 nitrogen and oxygen atoms in total. The zero-order valence-electron chi connectivity index (χ0n) is 13.4. The van der Waals surface area contributed by atoms with E-state index in [1.165, 1.54) is 0 Å². The van der Waals surface area contributed by atoms with Crippen molar-refractivity contribution in [3.63, 3.8) is 0 Å². The lowest BCUT2D eigenvalue weighted by Crippen LogP contribution is -2.35. The van der Waals surface area contributed by atoms with E-state index in [4.69, 9.17) is 4.74 Å². The summed E-state index contributed by atoms with van der Waals surface area (Å²) >= 11 is 3.58. The highest BCUT2D eigenvalue weighted by Crippen LogP contribution is 2.30. The Morgan fingerprint density at radius 2 is 2.10 bits per heavy atom. The second-order valence-corrected chi connectivity index (χ2v) is 6.03. The van der Waals surface area contributed by atoms with Crippen molar-refractivity contribution in [3.8, 4) is 0 Å². The first-order chi connectivity index (χ1) is 10.0. The van der Waals surface area contributed by atoms with Crippen LogP contribution in [0.1, 0.15) is 26.7 Å². The summed E-state index contributed by atoms with van der Waals surface area (Å²) in [6.07, 6.45) is 3.78. The van der Waals surface area contributed by atoms with Gasteiger partial charge in [-0.1, -0.05) is 29.8 Å². The third kappa shape index (κ3) is 4.81. The Balaban J connectivity index is 2.90. The molecular formula is C15H26BrN3O2. The molecule has 1 aromatic heterocycles. The molecule has 1 heterocycles. The van der Waals surface area contributed by atoms with Crippen LogP contribution in [0.15, 0.2) is 17.1 Å². The van der Waals surface area contributed by atoms with E-state index in [9.17, 15) is 4.79 Å². The minimum Gasteiger partial charge on any atom is -0.383 e. The van der Waals surface area contributed by atoms with Crippen LogP contribution in [0.5, 0.6) is 0 Å². The topological polar surface area (TPSA) is 47.4 Å². The average Bonchev–Trinajstić information content (AvgIpc) is 2.52. The number of methoxy groups -OCH3 is 1. The summed E-state index contributed by atoms with van der Waals surface area (Å²) in [4.78, 5) is 14.2. The van der Waals surface area contributed by atoms with Gasteiger partial charge in [-0.2, -0.15) is 5.10 Å². The molecule has 0 aromatic carbocycles. The first-order valence-electron chi connectivity index (χ1n) is 7.35. The molecule has 0 unspecified atom stereocenters. The maximum atomic E-state index is 12.3. The van der Waals surface area contributed by atoms with Gasteiger partial charge in [0.1, 0.15) is 0 Å². The molecule has 0 saturated carbocycles. The van der Waals surface area contributed by atoms with Crippen LogP contribution < -0.4 is 10.5 Å². The molecule has 120 valence electrons. The van der Waals surface area contributed by atoms with Gasteiger partial charge in [0.05, 0.1) is 25.0 Å². The third-order valence-corrected chi connectivity index (χ3v) is 5.38. The fourth-order valence-corrected chi connectivity index (χ4v) is 3.10. The number of likely N-dealkylation sites (N-methyl/N-ethyl adjacent to an activating group) is 1. The normalized spacial score (nSPS) is 11.7. The Hall–Kier alpha value is -0.880. The minimum atomic E-state index is -0.0519. The fraction of sp³-hybridized carbons (Fsp3) is 0.733. The van der Waals surface area contributed by atoms with Gasteiger partial charge in [0, 0.05) is 32.1 Å². The molecule has 21 heavy (non-hydrogen) atoms. The van der Waals surface area contributed by atoms with Crippen molar-refractivity contribution in [3.05, 3.63) is 22.6 Å². The summed E-state index contributed by atoms with van der Waals surface area (Å²) in [5.41, 5.74) is 0.857. The largest absolute Gasteiger partial charge is 0.383 e. The molecule has 6 heteroatoms. The van der Waals surface area contributed by atoms with Crippen molar-refractivity contribution in [2.75, 3.05) is 37.5 Å². The van der Waals surface area contributed by atoms with Crippen molar-refractivity contribution in [1.29, 1.82) is 0 Å². The monoisotopic (exact) mass is 359 g/mol. The zero-order valence-corrected chi connectivity index (χ0v) is 15.0. The number of hydrogen-bond donors (Lipinski definition) is 0. The lowest BCUT2D eigenvalue weighted by molar-refractivity contribution is 0.206. The summed E-state index contributed by atoms with van der Waals surface area (Å²) in [5, 5.41) is 5.21. The summed E-state index contributed by atoms with van der Waals surface area (Å²) < 4.78 is 6.62.